The fourth-order valence-electron chi connectivity index (χ4n) is 2.80. The highest BCUT2D eigenvalue weighted by molar-refractivity contribution is 6.08. The van der Waals surface area contributed by atoms with Crippen LogP contribution in [-0.4, -0.2) is 24.1 Å². The average Bonchev–Trinajstić information content (AvgIpc) is 2.79. The van der Waals surface area contributed by atoms with E-state index in [1.165, 1.54) is 25.3 Å². The second-order valence-corrected chi connectivity index (χ2v) is 6.48. The Morgan fingerprint density at radius 1 is 1.00 bits per heavy atom. The van der Waals surface area contributed by atoms with Crippen LogP contribution in [0.5, 0.6) is 11.5 Å². The third-order valence-electron chi connectivity index (χ3n) is 4.34. The number of carboxylic acids is 1. The lowest BCUT2D eigenvalue weighted by molar-refractivity contribution is -0.114. The molecule has 0 bridgehead atoms. The lowest BCUT2D eigenvalue weighted by atomic mass is 10.1. The number of aromatic carboxylic acids is 1. The molecular formula is C24H20FNO5. The van der Waals surface area contributed by atoms with Gasteiger partial charge >= 0.3 is 5.97 Å². The van der Waals surface area contributed by atoms with E-state index in [0.717, 1.165) is 11.6 Å². The molecule has 0 saturated carbocycles. The molecule has 0 aliphatic carbocycles. The molecule has 0 aromatic heterocycles. The van der Waals surface area contributed by atoms with Gasteiger partial charge in [-0.15, -0.1) is 0 Å². The molecular weight excluding hydrogens is 401 g/mol. The Hall–Kier alpha value is -4.13. The van der Waals surface area contributed by atoms with E-state index >= 15 is 0 Å². The minimum Gasteiger partial charge on any atom is -0.493 e. The fourth-order valence-corrected chi connectivity index (χ4v) is 2.80. The minimum absolute atomic E-state index is 0.00536. The molecule has 3 aromatic rings. The van der Waals surface area contributed by atoms with Crippen molar-refractivity contribution in [3.05, 3.63) is 95.3 Å². The van der Waals surface area contributed by atoms with E-state index in [0.29, 0.717) is 23.7 Å². The second-order valence-electron chi connectivity index (χ2n) is 6.48. The Morgan fingerprint density at radius 3 is 2.42 bits per heavy atom. The number of hydrogen-bond donors (Lipinski definition) is 2. The number of carbonyl (C=O) groups excluding carboxylic acids is 1. The van der Waals surface area contributed by atoms with Gasteiger partial charge < -0.3 is 19.9 Å². The molecule has 158 valence electrons. The Morgan fingerprint density at radius 2 is 1.71 bits per heavy atom. The number of amides is 1. The molecule has 0 unspecified atom stereocenters. The Kier molecular flexibility index (Phi) is 7.01. The van der Waals surface area contributed by atoms with Crippen LogP contribution < -0.4 is 14.8 Å². The fraction of sp³-hybridized carbons (Fsp3) is 0.0833. The molecule has 0 saturated heterocycles. The summed E-state index contributed by atoms with van der Waals surface area (Å²) in [7, 11) is 1.46. The molecule has 2 N–H and O–H groups in total. The third kappa shape index (κ3) is 5.70. The van der Waals surface area contributed by atoms with Crippen molar-refractivity contribution in [2.24, 2.45) is 0 Å². The van der Waals surface area contributed by atoms with E-state index in [1.807, 2.05) is 30.3 Å². The zero-order valence-electron chi connectivity index (χ0n) is 16.7. The number of halogens is 1. The van der Waals surface area contributed by atoms with Crippen LogP contribution in [0.3, 0.4) is 0 Å². The molecule has 0 atom stereocenters. The van der Waals surface area contributed by atoms with Crippen LogP contribution in [0.15, 0.2) is 78.6 Å². The van der Waals surface area contributed by atoms with E-state index in [4.69, 9.17) is 14.6 Å². The average molecular weight is 421 g/mol. The van der Waals surface area contributed by atoms with E-state index < -0.39 is 17.7 Å². The van der Waals surface area contributed by atoms with Crippen molar-refractivity contribution < 1.29 is 28.6 Å². The van der Waals surface area contributed by atoms with Gasteiger partial charge in [-0.2, -0.15) is 0 Å². The number of hydrogen-bond acceptors (Lipinski definition) is 4. The molecule has 3 rings (SSSR count). The Bertz CT molecular complexity index is 1110. The maximum Gasteiger partial charge on any atom is 0.337 e. The van der Waals surface area contributed by atoms with Crippen LogP contribution in [-0.2, 0) is 11.4 Å². The Labute approximate surface area is 178 Å². The molecule has 0 aliphatic heterocycles. The van der Waals surface area contributed by atoms with Crippen LogP contribution in [0.2, 0.25) is 0 Å². The lowest BCUT2D eigenvalue weighted by Gasteiger charge is -2.11. The molecule has 0 radical (unpaired) electrons. The first-order valence-electron chi connectivity index (χ1n) is 9.33. The molecule has 0 spiro atoms. The number of carboxylic acid groups (broad SMARTS) is 1. The first kappa shape index (κ1) is 21.6. The maximum absolute atomic E-state index is 14.4. The highest BCUT2D eigenvalue weighted by atomic mass is 19.1. The van der Waals surface area contributed by atoms with Gasteiger partial charge in [-0.05, 0) is 41.5 Å². The predicted molar refractivity (Wildman–Crippen MR) is 115 cm³/mol. The van der Waals surface area contributed by atoms with Crippen molar-refractivity contribution in [3.63, 3.8) is 0 Å². The highest BCUT2D eigenvalue weighted by Crippen LogP contribution is 2.30. The quantitative estimate of drug-likeness (QED) is 0.504. The summed E-state index contributed by atoms with van der Waals surface area (Å²) in [4.78, 5) is 23.4. The van der Waals surface area contributed by atoms with E-state index in [2.05, 4.69) is 5.32 Å². The number of ether oxygens (including phenoxy) is 2. The first-order valence-corrected chi connectivity index (χ1v) is 9.33. The minimum atomic E-state index is -1.23. The third-order valence-corrected chi connectivity index (χ3v) is 4.34. The SMILES string of the molecule is COc1cc(/C=C(\F)C(=O)Nc2ccccc2C(=O)O)ccc1OCc1ccccc1. The summed E-state index contributed by atoms with van der Waals surface area (Å²) in [5.41, 5.74) is 1.23. The van der Waals surface area contributed by atoms with Crippen LogP contribution in [0.1, 0.15) is 21.5 Å². The topological polar surface area (TPSA) is 84.9 Å². The van der Waals surface area contributed by atoms with Gasteiger partial charge in [-0.3, -0.25) is 4.79 Å². The van der Waals surface area contributed by atoms with Crippen LogP contribution in [0.25, 0.3) is 6.08 Å². The highest BCUT2D eigenvalue weighted by Gasteiger charge is 2.15. The largest absolute Gasteiger partial charge is 0.493 e. The number of rotatable bonds is 8. The zero-order chi connectivity index (χ0) is 22.2. The number of methoxy groups -OCH3 is 1. The summed E-state index contributed by atoms with van der Waals surface area (Å²) >= 11 is 0. The van der Waals surface area contributed by atoms with E-state index in [9.17, 15) is 14.0 Å². The zero-order valence-corrected chi connectivity index (χ0v) is 16.7. The lowest BCUT2D eigenvalue weighted by Crippen LogP contribution is -2.14. The van der Waals surface area contributed by atoms with Crippen molar-refractivity contribution in [2.75, 3.05) is 12.4 Å². The van der Waals surface area contributed by atoms with Crippen LogP contribution in [0.4, 0.5) is 10.1 Å². The second kappa shape index (κ2) is 10.1. The smallest absolute Gasteiger partial charge is 0.337 e. The van der Waals surface area contributed by atoms with Crippen molar-refractivity contribution in [1.29, 1.82) is 0 Å². The van der Waals surface area contributed by atoms with Crippen molar-refractivity contribution in [2.45, 2.75) is 6.61 Å². The summed E-state index contributed by atoms with van der Waals surface area (Å²) in [6, 6.07) is 20.1. The molecule has 7 heteroatoms. The predicted octanol–water partition coefficient (Wildman–Crippen LogP) is 4.92. The molecule has 6 nitrogen and oxygen atoms in total. The number of anilines is 1. The number of carbonyl (C=O) groups is 2. The molecule has 0 fully saturated rings. The first-order chi connectivity index (χ1) is 15.0. The van der Waals surface area contributed by atoms with Gasteiger partial charge in [0.2, 0.25) is 0 Å². The molecule has 0 aliphatic rings. The molecule has 3 aromatic carbocycles. The normalized spacial score (nSPS) is 11.0. The van der Waals surface area contributed by atoms with Crippen molar-refractivity contribution >= 4 is 23.6 Å². The van der Waals surface area contributed by atoms with Gasteiger partial charge in [0.1, 0.15) is 6.61 Å². The summed E-state index contributed by atoms with van der Waals surface area (Å²) in [5.74, 6) is -2.51. The van der Waals surface area contributed by atoms with E-state index in [-0.39, 0.29) is 11.3 Å². The van der Waals surface area contributed by atoms with Gasteiger partial charge in [0.05, 0.1) is 18.4 Å². The van der Waals surface area contributed by atoms with Gasteiger partial charge in [0, 0.05) is 0 Å². The molecule has 0 heterocycles. The number of nitrogens with one attached hydrogen (secondary N) is 1. The monoisotopic (exact) mass is 421 g/mol. The van der Waals surface area contributed by atoms with Gasteiger partial charge in [0.15, 0.2) is 17.3 Å². The Balaban J connectivity index is 1.73. The maximum atomic E-state index is 14.4. The van der Waals surface area contributed by atoms with Gasteiger partial charge in [0.25, 0.3) is 5.91 Å². The van der Waals surface area contributed by atoms with Gasteiger partial charge in [-0.25, -0.2) is 9.18 Å². The van der Waals surface area contributed by atoms with Crippen LogP contribution >= 0.6 is 0 Å². The summed E-state index contributed by atoms with van der Waals surface area (Å²) in [6.07, 6.45) is 1.03. The van der Waals surface area contributed by atoms with E-state index in [1.54, 1.807) is 24.3 Å². The molecule has 31 heavy (non-hydrogen) atoms. The summed E-state index contributed by atoms with van der Waals surface area (Å²) in [5, 5.41) is 11.4. The summed E-state index contributed by atoms with van der Waals surface area (Å²) < 4.78 is 25.5. The van der Waals surface area contributed by atoms with Crippen molar-refractivity contribution in [3.8, 4) is 11.5 Å². The number of benzene rings is 3. The summed E-state index contributed by atoms with van der Waals surface area (Å²) in [6.45, 7) is 0.339. The molecule has 1 amide bonds. The van der Waals surface area contributed by atoms with Crippen LogP contribution in [0, 0.1) is 0 Å². The standard InChI is InChI=1S/C24H20FNO5/c1-30-22-14-17(11-12-21(22)31-15-16-7-3-2-4-8-16)13-19(25)23(27)26-20-10-6-5-9-18(20)24(28)29/h2-14H,15H2,1H3,(H,26,27)(H,28,29)/b19-13-. The van der Waals surface area contributed by atoms with Crippen molar-refractivity contribution in [1.82, 2.24) is 0 Å². The van der Waals surface area contributed by atoms with Gasteiger partial charge in [-0.1, -0.05) is 48.5 Å². The number of para-hydroxylation sites is 1.